The normalized spacial score (nSPS) is 16.3. The molecule has 6 nitrogen and oxygen atoms in total. The van der Waals surface area contributed by atoms with E-state index in [4.69, 9.17) is 9.47 Å². The summed E-state index contributed by atoms with van der Waals surface area (Å²) in [6, 6.07) is 12.1. The Balaban J connectivity index is 1.58. The lowest BCUT2D eigenvalue weighted by molar-refractivity contribution is 0.0378. The van der Waals surface area contributed by atoms with Crippen LogP contribution in [0.1, 0.15) is 49.5 Å². The number of benzene rings is 1. The number of rotatable bonds is 9. The summed E-state index contributed by atoms with van der Waals surface area (Å²) in [4.78, 5) is 19.0. The molecule has 1 saturated heterocycles. The van der Waals surface area contributed by atoms with Gasteiger partial charge in [-0.25, -0.2) is 9.78 Å². The Morgan fingerprint density at radius 1 is 1.31 bits per heavy atom. The van der Waals surface area contributed by atoms with Crippen LogP contribution < -0.4 is 15.0 Å². The van der Waals surface area contributed by atoms with E-state index < -0.39 is 0 Å². The molecule has 29 heavy (non-hydrogen) atoms. The lowest BCUT2D eigenvalue weighted by Crippen LogP contribution is -2.33. The third kappa shape index (κ3) is 5.94. The first-order chi connectivity index (χ1) is 14.1. The second-order valence-electron chi connectivity index (χ2n) is 7.64. The highest BCUT2D eigenvalue weighted by atomic mass is 16.5. The van der Waals surface area contributed by atoms with Gasteiger partial charge in [0.2, 0.25) is 0 Å². The van der Waals surface area contributed by atoms with E-state index in [0.717, 1.165) is 44.8 Å². The first kappa shape index (κ1) is 21.1. The number of hydrogen-bond donors (Lipinski definition) is 1. The largest absolute Gasteiger partial charge is 0.494 e. The minimum Gasteiger partial charge on any atom is -0.494 e. The molecule has 0 radical (unpaired) electrons. The quantitative estimate of drug-likeness (QED) is 0.649. The van der Waals surface area contributed by atoms with Crippen LogP contribution in [0, 0.1) is 0 Å². The highest BCUT2D eigenvalue weighted by Crippen LogP contribution is 2.23. The van der Waals surface area contributed by atoms with Crippen LogP contribution in [0.15, 0.2) is 42.6 Å². The highest BCUT2D eigenvalue weighted by Gasteiger charge is 2.27. The first-order valence-corrected chi connectivity index (χ1v) is 10.4. The van der Waals surface area contributed by atoms with Gasteiger partial charge in [0.1, 0.15) is 17.1 Å². The smallest absolute Gasteiger partial charge is 0.342 e. The number of esters is 1. The Labute approximate surface area is 173 Å². The van der Waals surface area contributed by atoms with E-state index in [1.807, 2.05) is 26.0 Å². The highest BCUT2D eigenvalue weighted by molar-refractivity contribution is 5.94. The van der Waals surface area contributed by atoms with Crippen LogP contribution in [0.25, 0.3) is 0 Å². The van der Waals surface area contributed by atoms with Gasteiger partial charge in [-0.2, -0.15) is 0 Å². The van der Waals surface area contributed by atoms with Gasteiger partial charge in [-0.3, -0.25) is 0 Å². The Hall–Kier alpha value is -2.60. The molecule has 1 aliphatic heterocycles. The van der Waals surface area contributed by atoms with Gasteiger partial charge in [0.25, 0.3) is 0 Å². The lowest BCUT2D eigenvalue weighted by atomic mass is 10.2. The molecule has 0 bridgehead atoms. The third-order valence-electron chi connectivity index (χ3n) is 4.80. The Morgan fingerprint density at radius 3 is 2.97 bits per heavy atom. The number of anilines is 1. The fourth-order valence-electron chi connectivity index (χ4n) is 3.43. The zero-order valence-electron chi connectivity index (χ0n) is 17.6. The number of hydrogen-bond acceptors (Lipinski definition) is 6. The average molecular weight is 398 g/mol. The van der Waals surface area contributed by atoms with E-state index in [2.05, 4.69) is 34.3 Å². The van der Waals surface area contributed by atoms with Gasteiger partial charge in [0.05, 0.1) is 12.7 Å². The summed E-state index contributed by atoms with van der Waals surface area (Å²) in [7, 11) is 0. The molecule has 0 saturated carbocycles. The minimum absolute atomic E-state index is 0.152. The molecule has 0 amide bonds. The Bertz CT molecular complexity index is 809. The van der Waals surface area contributed by atoms with Crippen molar-refractivity contribution in [2.24, 2.45) is 0 Å². The zero-order valence-corrected chi connectivity index (χ0v) is 17.6. The third-order valence-corrected chi connectivity index (χ3v) is 4.80. The van der Waals surface area contributed by atoms with E-state index in [-0.39, 0.29) is 12.1 Å². The van der Waals surface area contributed by atoms with Gasteiger partial charge >= 0.3 is 5.97 Å². The second kappa shape index (κ2) is 10.3. The van der Waals surface area contributed by atoms with Crippen LogP contribution >= 0.6 is 0 Å². The van der Waals surface area contributed by atoms with E-state index >= 15 is 0 Å². The molecule has 3 rings (SSSR count). The molecule has 1 atom stereocenters. The Morgan fingerprint density at radius 2 is 2.17 bits per heavy atom. The molecule has 1 N–H and O–H groups in total. The number of carbonyl (C=O) groups excluding carboxylic acids is 1. The maximum absolute atomic E-state index is 12.4. The molecule has 1 aliphatic rings. The van der Waals surface area contributed by atoms with Gasteiger partial charge < -0.3 is 19.7 Å². The van der Waals surface area contributed by atoms with Gasteiger partial charge in [-0.05, 0) is 56.5 Å². The summed E-state index contributed by atoms with van der Waals surface area (Å²) in [5.74, 6) is 1.31. The fourth-order valence-corrected chi connectivity index (χ4v) is 3.43. The van der Waals surface area contributed by atoms with Gasteiger partial charge in [-0.1, -0.05) is 19.1 Å². The van der Waals surface area contributed by atoms with Crippen LogP contribution in [-0.4, -0.2) is 42.8 Å². The monoisotopic (exact) mass is 397 g/mol. The maximum Gasteiger partial charge on any atom is 0.342 e. The summed E-state index contributed by atoms with van der Waals surface area (Å²) in [5, 5.41) is 3.62. The van der Waals surface area contributed by atoms with Crippen LogP contribution in [0.2, 0.25) is 0 Å². The van der Waals surface area contributed by atoms with Gasteiger partial charge in [0.15, 0.2) is 0 Å². The first-order valence-electron chi connectivity index (χ1n) is 10.4. The number of aromatic nitrogens is 1. The van der Waals surface area contributed by atoms with Crippen molar-refractivity contribution in [3.63, 3.8) is 0 Å². The molecular weight excluding hydrogens is 366 g/mol. The predicted molar refractivity (Wildman–Crippen MR) is 114 cm³/mol. The van der Waals surface area contributed by atoms with Crippen molar-refractivity contribution in [1.29, 1.82) is 0 Å². The molecule has 2 heterocycles. The number of nitrogens with zero attached hydrogens (tertiary/aromatic N) is 2. The molecule has 2 aromatic rings. The molecule has 1 fully saturated rings. The van der Waals surface area contributed by atoms with Crippen molar-refractivity contribution in [1.82, 2.24) is 10.3 Å². The van der Waals surface area contributed by atoms with Crippen molar-refractivity contribution in [3.05, 3.63) is 53.7 Å². The number of carbonyl (C=O) groups is 1. The molecule has 1 aromatic carbocycles. The minimum atomic E-state index is -0.316. The zero-order chi connectivity index (χ0) is 20.6. The van der Waals surface area contributed by atoms with Crippen molar-refractivity contribution in [2.45, 2.75) is 52.3 Å². The molecule has 156 valence electrons. The van der Waals surface area contributed by atoms with Crippen LogP contribution in [0.3, 0.4) is 0 Å². The number of pyridine rings is 1. The molecule has 6 heteroatoms. The van der Waals surface area contributed by atoms with E-state index in [1.54, 1.807) is 18.3 Å². The van der Waals surface area contributed by atoms with Crippen molar-refractivity contribution in [3.8, 4) is 5.75 Å². The molecule has 1 aromatic heterocycles. The van der Waals surface area contributed by atoms with Crippen LogP contribution in [-0.2, 0) is 11.3 Å². The lowest BCUT2D eigenvalue weighted by Gasteiger charge is -2.21. The SMILES string of the molecule is CCCOc1cccc(CNC2CCN(c3ncccc3C(=O)OC(C)C)C2)c1. The predicted octanol–water partition coefficient (Wildman–Crippen LogP) is 3.80. The summed E-state index contributed by atoms with van der Waals surface area (Å²) < 4.78 is 11.1. The van der Waals surface area contributed by atoms with Crippen LogP contribution in [0.4, 0.5) is 5.82 Å². The van der Waals surface area contributed by atoms with Crippen molar-refractivity contribution >= 4 is 11.8 Å². The Kier molecular flexibility index (Phi) is 7.47. The van der Waals surface area contributed by atoms with Crippen molar-refractivity contribution in [2.75, 3.05) is 24.6 Å². The van der Waals surface area contributed by atoms with Crippen molar-refractivity contribution < 1.29 is 14.3 Å². The van der Waals surface area contributed by atoms with E-state index in [9.17, 15) is 4.79 Å². The molecule has 0 spiro atoms. The second-order valence-corrected chi connectivity index (χ2v) is 7.64. The summed E-state index contributed by atoms with van der Waals surface area (Å²) in [6.07, 6.45) is 3.58. The summed E-state index contributed by atoms with van der Waals surface area (Å²) in [6.45, 7) is 9.00. The van der Waals surface area contributed by atoms with Crippen LogP contribution in [0.5, 0.6) is 5.75 Å². The maximum atomic E-state index is 12.4. The standard InChI is InChI=1S/C23H31N3O3/c1-4-13-28-20-8-5-7-18(14-20)15-25-19-10-12-26(16-19)22-21(9-6-11-24-22)23(27)29-17(2)3/h5-9,11,14,17,19,25H,4,10,12-13,15-16H2,1-3H3. The topological polar surface area (TPSA) is 63.7 Å². The molecular formula is C23H31N3O3. The molecule has 1 unspecified atom stereocenters. The van der Waals surface area contributed by atoms with E-state index in [1.165, 1.54) is 5.56 Å². The summed E-state index contributed by atoms with van der Waals surface area (Å²) in [5.41, 5.74) is 1.73. The van der Waals surface area contributed by atoms with Gasteiger partial charge in [-0.15, -0.1) is 0 Å². The van der Waals surface area contributed by atoms with Gasteiger partial charge in [0, 0.05) is 31.9 Å². The summed E-state index contributed by atoms with van der Waals surface area (Å²) >= 11 is 0. The number of nitrogens with one attached hydrogen (secondary N) is 1. The average Bonchev–Trinajstić information content (AvgIpc) is 3.19. The van der Waals surface area contributed by atoms with E-state index in [0.29, 0.717) is 17.4 Å². The number of ether oxygens (including phenoxy) is 2. The molecule has 0 aliphatic carbocycles. The fraction of sp³-hybridized carbons (Fsp3) is 0.478.